The van der Waals surface area contributed by atoms with E-state index in [1.165, 1.54) is 63.9 Å². The third-order valence-electron chi connectivity index (χ3n) is 6.51. The van der Waals surface area contributed by atoms with Gasteiger partial charge < -0.3 is 9.47 Å². The van der Waals surface area contributed by atoms with E-state index in [0.717, 1.165) is 17.7 Å². The molecule has 3 rings (SSSR count). The molecule has 0 spiro atoms. The van der Waals surface area contributed by atoms with Crippen molar-refractivity contribution in [1.29, 1.82) is 0 Å². The van der Waals surface area contributed by atoms with Gasteiger partial charge in [-0.05, 0) is 66.6 Å². The molecule has 3 aromatic rings. The van der Waals surface area contributed by atoms with Crippen LogP contribution in [-0.4, -0.2) is 18.4 Å². The van der Waals surface area contributed by atoms with Crippen molar-refractivity contribution in [2.24, 2.45) is 0 Å². The Morgan fingerprint density at radius 1 is 0.718 bits per heavy atom. The number of esters is 1. The van der Waals surface area contributed by atoms with E-state index in [4.69, 9.17) is 21.1 Å². The van der Waals surface area contributed by atoms with E-state index < -0.39 is 5.97 Å². The molecule has 39 heavy (non-hydrogen) atoms. The number of unbranched alkanes of at least 4 members (excludes halogenated alkanes) is 9. The summed E-state index contributed by atoms with van der Waals surface area (Å²) in [5, 5.41) is 0.420. The molecule has 0 fully saturated rings. The van der Waals surface area contributed by atoms with Gasteiger partial charge >= 0.3 is 5.97 Å². The van der Waals surface area contributed by atoms with Crippen LogP contribution in [-0.2, 0) is 0 Å². The normalized spacial score (nSPS) is 11.0. The molecule has 0 aliphatic rings. The van der Waals surface area contributed by atoms with E-state index in [0.29, 0.717) is 28.5 Å². The number of halogens is 1. The van der Waals surface area contributed by atoms with Crippen molar-refractivity contribution in [1.82, 2.24) is 0 Å². The van der Waals surface area contributed by atoms with Gasteiger partial charge in [-0.25, -0.2) is 4.79 Å². The van der Waals surface area contributed by atoms with Crippen molar-refractivity contribution in [3.63, 3.8) is 0 Å². The summed E-state index contributed by atoms with van der Waals surface area (Å²) in [6, 6.07) is 20.9. The van der Waals surface area contributed by atoms with Gasteiger partial charge in [0.15, 0.2) is 5.78 Å². The molecule has 0 saturated heterocycles. The monoisotopic (exact) mass is 546 g/mol. The molecule has 0 saturated carbocycles. The van der Waals surface area contributed by atoms with Crippen LogP contribution in [0.15, 0.2) is 78.9 Å². The van der Waals surface area contributed by atoms with Gasteiger partial charge in [-0.15, -0.1) is 0 Å². The largest absolute Gasteiger partial charge is 0.494 e. The van der Waals surface area contributed by atoms with Gasteiger partial charge in [0.25, 0.3) is 0 Å². The number of ketones is 1. The van der Waals surface area contributed by atoms with Gasteiger partial charge in [0, 0.05) is 5.56 Å². The molecule has 0 aliphatic carbocycles. The molecule has 0 heterocycles. The summed E-state index contributed by atoms with van der Waals surface area (Å²) in [5.74, 6) is 0.571. The Morgan fingerprint density at radius 2 is 1.31 bits per heavy atom. The average molecular weight is 547 g/mol. The maximum atomic E-state index is 12.5. The first-order valence-electron chi connectivity index (χ1n) is 14.1. The number of carbonyl (C=O) groups is 2. The fourth-order valence-corrected chi connectivity index (χ4v) is 4.43. The van der Waals surface area contributed by atoms with Crippen LogP contribution in [0.2, 0.25) is 5.02 Å². The SMILES string of the molecule is CCCCCCCCCCCCOc1ccc(C(=O)Oc2ccc(/C=C/C(=O)c3ccccc3Cl)cc2)cc1. The Hall–Kier alpha value is -3.37. The van der Waals surface area contributed by atoms with Crippen LogP contribution in [0.5, 0.6) is 11.5 Å². The highest BCUT2D eigenvalue weighted by Gasteiger charge is 2.09. The number of benzene rings is 3. The molecule has 0 aliphatic heterocycles. The molecular formula is C34H39ClO4. The number of allylic oxidation sites excluding steroid dienone is 1. The van der Waals surface area contributed by atoms with Crippen LogP contribution in [0.4, 0.5) is 0 Å². The second-order valence-electron chi connectivity index (χ2n) is 9.69. The predicted molar refractivity (Wildman–Crippen MR) is 160 cm³/mol. The first-order valence-corrected chi connectivity index (χ1v) is 14.5. The molecular weight excluding hydrogens is 508 g/mol. The number of hydrogen-bond donors (Lipinski definition) is 0. The fourth-order valence-electron chi connectivity index (χ4n) is 4.20. The summed E-state index contributed by atoms with van der Waals surface area (Å²) in [6.07, 6.45) is 16.1. The van der Waals surface area contributed by atoms with E-state index in [1.807, 2.05) is 0 Å². The summed E-state index contributed by atoms with van der Waals surface area (Å²) in [5.41, 5.74) is 1.71. The van der Waals surface area contributed by atoms with Crippen LogP contribution in [0.1, 0.15) is 97.4 Å². The van der Waals surface area contributed by atoms with Crippen molar-refractivity contribution < 1.29 is 19.1 Å². The maximum Gasteiger partial charge on any atom is 0.343 e. The summed E-state index contributed by atoms with van der Waals surface area (Å²) in [7, 11) is 0. The smallest absolute Gasteiger partial charge is 0.343 e. The van der Waals surface area contributed by atoms with Crippen LogP contribution in [0.3, 0.4) is 0 Å². The number of hydrogen-bond acceptors (Lipinski definition) is 4. The zero-order chi connectivity index (χ0) is 27.7. The Balaban J connectivity index is 1.35. The molecule has 0 unspecified atom stereocenters. The summed E-state index contributed by atoms with van der Waals surface area (Å²) in [4.78, 5) is 24.9. The van der Waals surface area contributed by atoms with Gasteiger partial charge in [-0.1, -0.05) is 107 Å². The fraction of sp³-hybridized carbons (Fsp3) is 0.353. The first kappa shape index (κ1) is 30.2. The Labute approximate surface area is 238 Å². The first-order chi connectivity index (χ1) is 19.1. The van der Waals surface area contributed by atoms with Gasteiger partial charge in [-0.3, -0.25) is 4.79 Å². The van der Waals surface area contributed by atoms with Gasteiger partial charge in [-0.2, -0.15) is 0 Å². The molecule has 3 aromatic carbocycles. The van der Waals surface area contributed by atoms with Crippen molar-refractivity contribution in [2.45, 2.75) is 71.1 Å². The zero-order valence-electron chi connectivity index (χ0n) is 22.9. The highest BCUT2D eigenvalue weighted by atomic mass is 35.5. The highest BCUT2D eigenvalue weighted by molar-refractivity contribution is 6.34. The Bertz CT molecular complexity index is 1180. The Morgan fingerprint density at radius 3 is 1.95 bits per heavy atom. The van der Waals surface area contributed by atoms with Crippen LogP contribution < -0.4 is 9.47 Å². The average Bonchev–Trinajstić information content (AvgIpc) is 2.96. The van der Waals surface area contributed by atoms with Crippen molar-refractivity contribution >= 4 is 29.4 Å². The molecule has 5 heteroatoms. The molecule has 4 nitrogen and oxygen atoms in total. The molecule has 206 valence electrons. The minimum Gasteiger partial charge on any atom is -0.494 e. The van der Waals surface area contributed by atoms with Crippen molar-refractivity contribution in [3.05, 3.63) is 101 Å². The molecule has 0 aromatic heterocycles. The van der Waals surface area contributed by atoms with Crippen molar-refractivity contribution in [2.75, 3.05) is 6.61 Å². The quantitative estimate of drug-likeness (QED) is 0.0555. The number of rotatable bonds is 17. The molecule has 0 N–H and O–H groups in total. The van der Waals surface area contributed by atoms with E-state index in [1.54, 1.807) is 78.9 Å². The minimum absolute atomic E-state index is 0.174. The minimum atomic E-state index is -0.437. The third-order valence-corrected chi connectivity index (χ3v) is 6.84. The summed E-state index contributed by atoms with van der Waals surface area (Å²) < 4.78 is 11.3. The lowest BCUT2D eigenvalue weighted by Crippen LogP contribution is -2.08. The standard InChI is InChI=1S/C34H39ClO4/c1-2-3-4-5-6-7-8-9-10-13-26-38-29-23-19-28(20-24-29)34(37)39-30-21-16-27(17-22-30)18-25-33(36)31-14-11-12-15-32(31)35/h11-12,14-25H,2-10,13,26H2,1H3/b25-18+. The second-order valence-corrected chi connectivity index (χ2v) is 10.1. The zero-order valence-corrected chi connectivity index (χ0v) is 23.6. The van der Waals surface area contributed by atoms with Crippen LogP contribution in [0.25, 0.3) is 6.08 Å². The van der Waals surface area contributed by atoms with Crippen LogP contribution in [0, 0.1) is 0 Å². The maximum absolute atomic E-state index is 12.5. The number of carbonyl (C=O) groups excluding carboxylic acids is 2. The van der Waals surface area contributed by atoms with Gasteiger partial charge in [0.1, 0.15) is 11.5 Å². The molecule has 0 radical (unpaired) electrons. The molecule has 0 bridgehead atoms. The Kier molecular flexibility index (Phi) is 13.4. The van der Waals surface area contributed by atoms with E-state index in [-0.39, 0.29) is 5.78 Å². The molecule has 0 atom stereocenters. The van der Waals surface area contributed by atoms with E-state index in [9.17, 15) is 9.59 Å². The summed E-state index contributed by atoms with van der Waals surface area (Å²) >= 11 is 6.08. The van der Waals surface area contributed by atoms with E-state index >= 15 is 0 Å². The van der Waals surface area contributed by atoms with Crippen molar-refractivity contribution in [3.8, 4) is 11.5 Å². The van der Waals surface area contributed by atoms with E-state index in [2.05, 4.69) is 6.92 Å². The predicted octanol–water partition coefficient (Wildman–Crippen LogP) is 9.75. The lowest BCUT2D eigenvalue weighted by atomic mass is 10.1. The lowest BCUT2D eigenvalue weighted by Gasteiger charge is -2.08. The van der Waals surface area contributed by atoms with Gasteiger partial charge in [0.05, 0.1) is 17.2 Å². The third kappa shape index (κ3) is 11.1. The summed E-state index contributed by atoms with van der Waals surface area (Å²) in [6.45, 7) is 2.94. The van der Waals surface area contributed by atoms with Crippen LogP contribution >= 0.6 is 11.6 Å². The molecule has 0 amide bonds. The number of ether oxygens (including phenoxy) is 2. The second kappa shape index (κ2) is 17.3. The lowest BCUT2D eigenvalue weighted by molar-refractivity contribution is 0.0734. The van der Waals surface area contributed by atoms with Gasteiger partial charge in [0.2, 0.25) is 0 Å². The topological polar surface area (TPSA) is 52.6 Å². The highest BCUT2D eigenvalue weighted by Crippen LogP contribution is 2.19.